The van der Waals surface area contributed by atoms with Crippen LogP contribution in [0.4, 0.5) is 5.69 Å². The van der Waals surface area contributed by atoms with Crippen molar-refractivity contribution >= 4 is 63.3 Å². The minimum absolute atomic E-state index is 0.152. The van der Waals surface area contributed by atoms with E-state index in [1.54, 1.807) is 18.2 Å². The van der Waals surface area contributed by atoms with E-state index in [0.29, 0.717) is 25.7 Å². The first-order chi connectivity index (χ1) is 9.93. The second-order valence-electron chi connectivity index (χ2n) is 3.94. The third kappa shape index (κ3) is 3.47. The van der Waals surface area contributed by atoms with Crippen LogP contribution in [0.25, 0.3) is 0 Å². The van der Waals surface area contributed by atoms with Crippen LogP contribution in [0.2, 0.25) is 8.67 Å². The highest BCUT2D eigenvalue weighted by Gasteiger charge is 2.18. The van der Waals surface area contributed by atoms with Crippen LogP contribution in [-0.2, 0) is 0 Å². The molecule has 8 heteroatoms. The standard InChI is InChI=1S/C13H10Cl2N2O2S2/c1-19-8-4-2-3-6(12(16)20)10(8)17-13(18)7-5-9(14)21-11(7)15/h2-5H,1H3,(H2,16,20)(H,17,18). The molecule has 2 rings (SSSR count). The van der Waals surface area contributed by atoms with Crippen molar-refractivity contribution < 1.29 is 9.53 Å². The number of halogens is 2. The lowest BCUT2D eigenvalue weighted by molar-refractivity contribution is 0.102. The Morgan fingerprint density at radius 3 is 2.62 bits per heavy atom. The number of methoxy groups -OCH3 is 1. The van der Waals surface area contributed by atoms with Gasteiger partial charge in [0.15, 0.2) is 0 Å². The first-order valence-corrected chi connectivity index (χ1v) is 7.65. The van der Waals surface area contributed by atoms with Gasteiger partial charge >= 0.3 is 0 Å². The number of nitrogens with one attached hydrogen (secondary N) is 1. The fraction of sp³-hybridized carbons (Fsp3) is 0.0769. The van der Waals surface area contributed by atoms with E-state index in [-0.39, 0.29) is 10.6 Å². The minimum Gasteiger partial charge on any atom is -0.495 e. The van der Waals surface area contributed by atoms with E-state index in [1.807, 2.05) is 0 Å². The highest BCUT2D eigenvalue weighted by Crippen LogP contribution is 2.33. The molecule has 0 aliphatic heterocycles. The summed E-state index contributed by atoms with van der Waals surface area (Å²) in [5, 5.41) is 2.71. The van der Waals surface area contributed by atoms with Crippen molar-refractivity contribution in [3.8, 4) is 5.75 Å². The average molecular weight is 361 g/mol. The molecule has 0 unspecified atom stereocenters. The first kappa shape index (κ1) is 16.0. The molecule has 0 spiro atoms. The lowest BCUT2D eigenvalue weighted by Crippen LogP contribution is -2.18. The van der Waals surface area contributed by atoms with Crippen molar-refractivity contribution in [2.24, 2.45) is 5.73 Å². The van der Waals surface area contributed by atoms with Gasteiger partial charge in [-0.25, -0.2) is 0 Å². The number of benzene rings is 1. The summed E-state index contributed by atoms with van der Waals surface area (Å²) in [5.74, 6) is 0.0382. The van der Waals surface area contributed by atoms with Crippen LogP contribution in [0.15, 0.2) is 24.3 Å². The average Bonchev–Trinajstić information content (AvgIpc) is 2.77. The number of carbonyl (C=O) groups excluding carboxylic acids is 1. The second-order valence-corrected chi connectivity index (χ2v) is 6.66. The lowest BCUT2D eigenvalue weighted by atomic mass is 10.1. The lowest BCUT2D eigenvalue weighted by Gasteiger charge is -2.14. The largest absolute Gasteiger partial charge is 0.495 e. The number of hydrogen-bond acceptors (Lipinski definition) is 4. The molecule has 0 saturated heterocycles. The maximum atomic E-state index is 12.3. The van der Waals surface area contributed by atoms with E-state index < -0.39 is 5.91 Å². The van der Waals surface area contributed by atoms with Gasteiger partial charge in [-0.1, -0.05) is 41.5 Å². The molecule has 1 aromatic carbocycles. The molecule has 1 amide bonds. The highest BCUT2D eigenvalue weighted by molar-refractivity contribution is 7.80. The Hall–Kier alpha value is -1.34. The zero-order valence-corrected chi connectivity index (χ0v) is 13.9. The number of ether oxygens (including phenoxy) is 1. The molecule has 0 atom stereocenters. The Labute approximate surface area is 140 Å². The van der Waals surface area contributed by atoms with Gasteiger partial charge in [0, 0.05) is 5.56 Å². The highest BCUT2D eigenvalue weighted by atomic mass is 35.5. The molecule has 110 valence electrons. The van der Waals surface area contributed by atoms with Crippen LogP contribution in [0.5, 0.6) is 5.75 Å². The van der Waals surface area contributed by atoms with E-state index in [2.05, 4.69) is 5.32 Å². The van der Waals surface area contributed by atoms with Gasteiger partial charge in [0.2, 0.25) is 0 Å². The number of nitrogens with two attached hydrogens (primary N) is 1. The molecule has 3 N–H and O–H groups in total. The Bertz CT molecular complexity index is 716. The van der Waals surface area contributed by atoms with Gasteiger partial charge in [-0.2, -0.15) is 0 Å². The smallest absolute Gasteiger partial charge is 0.258 e. The third-order valence-electron chi connectivity index (χ3n) is 2.65. The summed E-state index contributed by atoms with van der Waals surface area (Å²) >= 11 is 17.9. The number of thiophene rings is 1. The summed E-state index contributed by atoms with van der Waals surface area (Å²) in [6.07, 6.45) is 0. The van der Waals surface area contributed by atoms with E-state index in [4.69, 9.17) is 45.9 Å². The van der Waals surface area contributed by atoms with E-state index >= 15 is 0 Å². The molecule has 0 aliphatic rings. The monoisotopic (exact) mass is 360 g/mol. The Morgan fingerprint density at radius 2 is 2.10 bits per heavy atom. The number of thiocarbonyl (C=S) groups is 1. The van der Waals surface area contributed by atoms with Gasteiger partial charge in [0.1, 0.15) is 15.1 Å². The maximum Gasteiger partial charge on any atom is 0.258 e. The molecule has 0 aliphatic carbocycles. The SMILES string of the molecule is COc1cccc(C(N)=S)c1NC(=O)c1cc(Cl)sc1Cl. The van der Waals surface area contributed by atoms with Crippen molar-refractivity contribution in [3.05, 3.63) is 44.1 Å². The summed E-state index contributed by atoms with van der Waals surface area (Å²) in [7, 11) is 1.49. The van der Waals surface area contributed by atoms with Gasteiger partial charge in [-0.3, -0.25) is 4.79 Å². The van der Waals surface area contributed by atoms with Gasteiger partial charge in [-0.15, -0.1) is 11.3 Å². The van der Waals surface area contributed by atoms with Crippen molar-refractivity contribution in [3.63, 3.8) is 0 Å². The third-order valence-corrected chi connectivity index (χ3v) is 4.36. The van der Waals surface area contributed by atoms with Crippen LogP contribution in [-0.4, -0.2) is 18.0 Å². The molecule has 0 saturated carbocycles. The molecule has 4 nitrogen and oxygen atoms in total. The fourth-order valence-electron chi connectivity index (χ4n) is 1.71. The maximum absolute atomic E-state index is 12.3. The fourth-order valence-corrected chi connectivity index (χ4v) is 3.34. The summed E-state index contributed by atoms with van der Waals surface area (Å²) < 4.78 is 5.96. The zero-order chi connectivity index (χ0) is 15.6. The Balaban J connectivity index is 2.41. The summed E-state index contributed by atoms with van der Waals surface area (Å²) in [6, 6.07) is 6.62. The Morgan fingerprint density at radius 1 is 1.38 bits per heavy atom. The van der Waals surface area contributed by atoms with Gasteiger partial charge in [0.25, 0.3) is 5.91 Å². The molecule has 0 bridgehead atoms. The van der Waals surface area contributed by atoms with Crippen LogP contribution in [0.1, 0.15) is 15.9 Å². The predicted molar refractivity (Wildman–Crippen MR) is 91.2 cm³/mol. The molecule has 1 heterocycles. The molecule has 21 heavy (non-hydrogen) atoms. The molecule has 1 aromatic heterocycles. The predicted octanol–water partition coefficient (Wildman–Crippen LogP) is 3.95. The number of anilines is 1. The summed E-state index contributed by atoms with van der Waals surface area (Å²) in [6.45, 7) is 0. The van der Waals surface area contributed by atoms with Crippen molar-refractivity contribution in [1.82, 2.24) is 0 Å². The van der Waals surface area contributed by atoms with Crippen molar-refractivity contribution in [2.45, 2.75) is 0 Å². The number of carbonyl (C=O) groups is 1. The summed E-state index contributed by atoms with van der Waals surface area (Å²) in [4.78, 5) is 12.5. The van der Waals surface area contributed by atoms with E-state index in [0.717, 1.165) is 11.3 Å². The molecular formula is C13H10Cl2N2O2S2. The number of para-hydroxylation sites is 1. The van der Waals surface area contributed by atoms with Crippen LogP contribution < -0.4 is 15.8 Å². The number of amides is 1. The Kier molecular flexibility index (Phi) is 5.05. The zero-order valence-electron chi connectivity index (χ0n) is 10.8. The van der Waals surface area contributed by atoms with Gasteiger partial charge in [0.05, 0.1) is 22.7 Å². The van der Waals surface area contributed by atoms with Crippen LogP contribution >= 0.6 is 46.8 Å². The number of hydrogen-bond donors (Lipinski definition) is 2. The normalized spacial score (nSPS) is 10.2. The minimum atomic E-state index is -0.412. The molecule has 0 fully saturated rings. The van der Waals surface area contributed by atoms with Crippen LogP contribution in [0, 0.1) is 0 Å². The topological polar surface area (TPSA) is 64.3 Å². The van der Waals surface area contributed by atoms with Crippen molar-refractivity contribution in [2.75, 3.05) is 12.4 Å². The van der Waals surface area contributed by atoms with Gasteiger partial charge in [-0.05, 0) is 18.2 Å². The number of rotatable bonds is 4. The van der Waals surface area contributed by atoms with Crippen molar-refractivity contribution in [1.29, 1.82) is 0 Å². The first-order valence-electron chi connectivity index (χ1n) is 5.67. The quantitative estimate of drug-likeness (QED) is 0.810. The van der Waals surface area contributed by atoms with Crippen LogP contribution in [0.3, 0.4) is 0 Å². The van der Waals surface area contributed by atoms with E-state index in [9.17, 15) is 4.79 Å². The molecule has 2 aromatic rings. The molecular weight excluding hydrogens is 351 g/mol. The molecule has 0 radical (unpaired) electrons. The van der Waals surface area contributed by atoms with E-state index in [1.165, 1.54) is 13.2 Å². The summed E-state index contributed by atoms with van der Waals surface area (Å²) in [5.41, 5.74) is 6.86. The van der Waals surface area contributed by atoms with Gasteiger partial charge < -0.3 is 15.8 Å². The second kappa shape index (κ2) is 6.62.